The van der Waals surface area contributed by atoms with Crippen LogP contribution in [-0.2, 0) is 16.1 Å². The smallest absolute Gasteiger partial charge is 0.0881 e. The summed E-state index contributed by atoms with van der Waals surface area (Å²) in [6, 6.07) is 5.76. The molecular formula is C11H17N3O2. The summed E-state index contributed by atoms with van der Waals surface area (Å²) in [7, 11) is 1.54. The van der Waals surface area contributed by atoms with Gasteiger partial charge < -0.3 is 4.84 Å². The van der Waals surface area contributed by atoms with Crippen LogP contribution in [0.15, 0.2) is 24.8 Å². The first-order valence-electron chi connectivity index (χ1n) is 5.04. The van der Waals surface area contributed by atoms with Gasteiger partial charge in [0.25, 0.3) is 0 Å². The van der Waals surface area contributed by atoms with Crippen molar-refractivity contribution in [2.75, 3.05) is 13.7 Å². The van der Waals surface area contributed by atoms with E-state index in [1.165, 1.54) is 7.11 Å². The van der Waals surface area contributed by atoms with E-state index in [2.05, 4.69) is 21.9 Å². The van der Waals surface area contributed by atoms with Crippen molar-refractivity contribution >= 4 is 5.70 Å². The lowest BCUT2D eigenvalue weighted by Gasteiger charge is -2.07. The van der Waals surface area contributed by atoms with Gasteiger partial charge in [-0.2, -0.15) is 0 Å². The molecule has 0 unspecified atom stereocenters. The number of nitrogens with zero attached hydrogens (tertiary/aromatic N) is 1. The van der Waals surface area contributed by atoms with Crippen molar-refractivity contribution in [2.24, 2.45) is 5.90 Å². The second-order valence-electron chi connectivity index (χ2n) is 3.27. The van der Waals surface area contributed by atoms with Crippen molar-refractivity contribution in [2.45, 2.75) is 12.8 Å². The highest BCUT2D eigenvalue weighted by molar-refractivity contribution is 5.57. The molecule has 3 N–H and O–H groups in total. The summed E-state index contributed by atoms with van der Waals surface area (Å²) in [6.45, 7) is 4.34. The summed E-state index contributed by atoms with van der Waals surface area (Å²) in [4.78, 5) is 13.7. The van der Waals surface area contributed by atoms with Crippen LogP contribution in [-0.4, -0.2) is 18.7 Å². The van der Waals surface area contributed by atoms with E-state index in [0.717, 1.165) is 24.2 Å². The molecule has 0 spiro atoms. The third kappa shape index (κ3) is 3.98. The Hall–Kier alpha value is -1.43. The van der Waals surface area contributed by atoms with Gasteiger partial charge in [-0.15, -0.1) is 0 Å². The van der Waals surface area contributed by atoms with Crippen LogP contribution in [0.25, 0.3) is 5.70 Å². The summed E-state index contributed by atoms with van der Waals surface area (Å²) in [5.41, 5.74) is 5.04. The summed E-state index contributed by atoms with van der Waals surface area (Å²) in [6.07, 6.45) is 1.67. The van der Waals surface area contributed by atoms with Crippen molar-refractivity contribution in [1.29, 1.82) is 0 Å². The van der Waals surface area contributed by atoms with E-state index in [-0.39, 0.29) is 0 Å². The fraction of sp³-hybridized carbons (Fsp3) is 0.364. The van der Waals surface area contributed by atoms with E-state index in [4.69, 9.17) is 10.7 Å². The molecule has 0 atom stereocenters. The minimum Gasteiger partial charge on any atom is -0.305 e. The van der Waals surface area contributed by atoms with Crippen LogP contribution in [0.2, 0.25) is 0 Å². The van der Waals surface area contributed by atoms with Crippen molar-refractivity contribution in [3.05, 3.63) is 36.2 Å². The Balaban J connectivity index is 2.60. The third-order valence-electron chi connectivity index (χ3n) is 2.04. The predicted molar refractivity (Wildman–Crippen MR) is 61.9 cm³/mol. The summed E-state index contributed by atoms with van der Waals surface area (Å²) in [5, 5.41) is 0. The van der Waals surface area contributed by atoms with Gasteiger partial charge >= 0.3 is 0 Å². The van der Waals surface area contributed by atoms with Gasteiger partial charge in [-0.05, 0) is 25.0 Å². The van der Waals surface area contributed by atoms with Crippen LogP contribution >= 0.6 is 0 Å². The molecule has 1 rings (SSSR count). The minimum absolute atomic E-state index is 0.531. The molecule has 0 aliphatic rings. The van der Waals surface area contributed by atoms with Crippen LogP contribution < -0.4 is 11.4 Å². The molecule has 0 radical (unpaired) electrons. The number of hydroxylamine groups is 1. The number of pyridine rings is 1. The molecule has 0 aliphatic carbocycles. The monoisotopic (exact) mass is 223 g/mol. The van der Waals surface area contributed by atoms with Crippen molar-refractivity contribution < 1.29 is 9.68 Å². The zero-order valence-electron chi connectivity index (χ0n) is 9.40. The first-order valence-corrected chi connectivity index (χ1v) is 5.04. The molecule has 0 bridgehead atoms. The molecule has 5 heteroatoms. The molecule has 1 heterocycles. The van der Waals surface area contributed by atoms with Gasteiger partial charge in [0.1, 0.15) is 0 Å². The number of aryl methyl sites for hydroxylation is 1. The Morgan fingerprint density at radius 3 is 3.06 bits per heavy atom. The highest BCUT2D eigenvalue weighted by Gasteiger charge is 2.01. The first-order chi connectivity index (χ1) is 7.77. The fourth-order valence-corrected chi connectivity index (χ4v) is 1.30. The predicted octanol–water partition coefficient (Wildman–Crippen LogP) is 1.03. The van der Waals surface area contributed by atoms with Gasteiger partial charge in [-0.3, -0.25) is 15.3 Å². The van der Waals surface area contributed by atoms with Gasteiger partial charge in [-0.1, -0.05) is 12.6 Å². The van der Waals surface area contributed by atoms with Crippen LogP contribution in [0.5, 0.6) is 0 Å². The molecule has 0 aliphatic heterocycles. The van der Waals surface area contributed by atoms with Gasteiger partial charge in [0, 0.05) is 5.69 Å². The highest BCUT2D eigenvalue weighted by atomic mass is 16.6. The molecule has 5 nitrogen and oxygen atoms in total. The van der Waals surface area contributed by atoms with Crippen LogP contribution in [0, 0.1) is 0 Å². The number of hydrogen-bond donors (Lipinski definition) is 2. The summed E-state index contributed by atoms with van der Waals surface area (Å²) in [5.74, 6) is 4.95. The largest absolute Gasteiger partial charge is 0.305 e. The van der Waals surface area contributed by atoms with E-state index >= 15 is 0 Å². The van der Waals surface area contributed by atoms with Gasteiger partial charge in [0.15, 0.2) is 0 Å². The van der Waals surface area contributed by atoms with E-state index < -0.39 is 0 Å². The van der Waals surface area contributed by atoms with Crippen molar-refractivity contribution in [3.63, 3.8) is 0 Å². The molecule has 88 valence electrons. The molecule has 0 aromatic carbocycles. The second-order valence-corrected chi connectivity index (χ2v) is 3.27. The minimum atomic E-state index is 0.531. The maximum absolute atomic E-state index is 4.95. The Kier molecular flexibility index (Phi) is 5.49. The molecule has 0 amide bonds. The van der Waals surface area contributed by atoms with Crippen LogP contribution in [0.1, 0.15) is 17.8 Å². The molecule has 16 heavy (non-hydrogen) atoms. The SMILES string of the molecule is C=C(NOC)c1cccc(CCCON)n1. The Morgan fingerprint density at radius 1 is 1.56 bits per heavy atom. The number of nitrogens with two attached hydrogens (primary N) is 1. The Morgan fingerprint density at radius 2 is 2.38 bits per heavy atom. The number of rotatable bonds is 7. The van der Waals surface area contributed by atoms with Crippen molar-refractivity contribution in [1.82, 2.24) is 10.5 Å². The van der Waals surface area contributed by atoms with Gasteiger partial charge in [0.2, 0.25) is 0 Å². The molecular weight excluding hydrogens is 206 g/mol. The molecule has 1 aromatic rings. The molecule has 1 aromatic heterocycles. The molecule has 0 saturated carbocycles. The topological polar surface area (TPSA) is 69.4 Å². The lowest BCUT2D eigenvalue weighted by Crippen LogP contribution is -2.10. The molecule has 0 fully saturated rings. The van der Waals surface area contributed by atoms with Gasteiger partial charge in [-0.25, -0.2) is 5.90 Å². The van der Waals surface area contributed by atoms with E-state index in [0.29, 0.717) is 12.3 Å². The zero-order valence-corrected chi connectivity index (χ0v) is 9.40. The zero-order chi connectivity index (χ0) is 11.8. The second kappa shape index (κ2) is 6.95. The normalized spacial score (nSPS) is 10.1. The van der Waals surface area contributed by atoms with Crippen molar-refractivity contribution in [3.8, 4) is 0 Å². The first kappa shape index (κ1) is 12.6. The maximum Gasteiger partial charge on any atom is 0.0881 e. The summed E-state index contributed by atoms with van der Waals surface area (Å²) >= 11 is 0. The van der Waals surface area contributed by atoms with Gasteiger partial charge in [0.05, 0.1) is 25.1 Å². The third-order valence-corrected chi connectivity index (χ3v) is 2.04. The fourth-order valence-electron chi connectivity index (χ4n) is 1.30. The lowest BCUT2D eigenvalue weighted by atomic mass is 10.2. The molecule has 0 saturated heterocycles. The quantitative estimate of drug-likeness (QED) is 0.533. The van der Waals surface area contributed by atoms with E-state index in [9.17, 15) is 0 Å². The Bertz CT molecular complexity index is 342. The number of hydrogen-bond acceptors (Lipinski definition) is 5. The lowest BCUT2D eigenvalue weighted by molar-refractivity contribution is 0.135. The highest BCUT2D eigenvalue weighted by Crippen LogP contribution is 2.08. The van der Waals surface area contributed by atoms with Crippen LogP contribution in [0.3, 0.4) is 0 Å². The number of nitrogens with one attached hydrogen (secondary N) is 1. The van der Waals surface area contributed by atoms with E-state index in [1.54, 1.807) is 0 Å². The maximum atomic E-state index is 4.95. The van der Waals surface area contributed by atoms with Crippen LogP contribution in [0.4, 0.5) is 0 Å². The average molecular weight is 223 g/mol. The Labute approximate surface area is 95.2 Å². The summed E-state index contributed by atoms with van der Waals surface area (Å²) < 4.78 is 0. The standard InChI is InChI=1S/C11H17N3O2/c1-9(14-15-2)11-7-3-5-10(13-11)6-4-8-16-12/h3,5,7,14H,1,4,6,8,12H2,2H3. The average Bonchev–Trinajstić information content (AvgIpc) is 2.30. The van der Waals surface area contributed by atoms with E-state index in [1.807, 2.05) is 18.2 Å². The number of aromatic nitrogens is 1.